The summed E-state index contributed by atoms with van der Waals surface area (Å²) in [6.45, 7) is 6.94. The molecule has 0 amide bonds. The average molecular weight is 277 g/mol. The number of aryl methyl sites for hydroxylation is 1. The molecule has 1 unspecified atom stereocenters. The first-order chi connectivity index (χ1) is 9.55. The molecule has 0 aliphatic heterocycles. The van der Waals surface area contributed by atoms with Crippen LogP contribution < -0.4 is 10.5 Å². The molecule has 1 saturated carbocycles. The van der Waals surface area contributed by atoms with Gasteiger partial charge in [-0.25, -0.2) is 0 Å². The summed E-state index contributed by atoms with van der Waals surface area (Å²) in [6, 6.07) is 4.10. The Balaban J connectivity index is 2.41. The molecule has 1 atom stereocenters. The van der Waals surface area contributed by atoms with Gasteiger partial charge in [0.1, 0.15) is 5.75 Å². The van der Waals surface area contributed by atoms with Crippen LogP contribution in [-0.2, 0) is 4.74 Å². The molecule has 1 fully saturated rings. The third kappa shape index (κ3) is 2.57. The van der Waals surface area contributed by atoms with Crippen LogP contribution in [0, 0.1) is 13.8 Å². The zero-order valence-corrected chi connectivity index (χ0v) is 13.2. The van der Waals surface area contributed by atoms with E-state index in [1.807, 2.05) is 6.92 Å². The first-order valence-electron chi connectivity index (χ1n) is 7.59. The van der Waals surface area contributed by atoms with Crippen molar-refractivity contribution < 1.29 is 9.47 Å². The van der Waals surface area contributed by atoms with E-state index in [2.05, 4.69) is 26.0 Å². The van der Waals surface area contributed by atoms with Crippen molar-refractivity contribution in [3.63, 3.8) is 0 Å². The molecule has 0 radical (unpaired) electrons. The molecule has 112 valence electrons. The molecule has 1 aliphatic rings. The van der Waals surface area contributed by atoms with Gasteiger partial charge in [0.05, 0.1) is 18.8 Å². The highest BCUT2D eigenvalue weighted by Gasteiger charge is 2.42. The van der Waals surface area contributed by atoms with Crippen LogP contribution in [0.4, 0.5) is 0 Å². The summed E-state index contributed by atoms with van der Waals surface area (Å²) in [4.78, 5) is 0. The Bertz CT molecular complexity index is 464. The maximum atomic E-state index is 6.61. The van der Waals surface area contributed by atoms with Gasteiger partial charge in [-0.15, -0.1) is 0 Å². The second kappa shape index (κ2) is 6.15. The van der Waals surface area contributed by atoms with Gasteiger partial charge in [-0.05, 0) is 44.7 Å². The molecule has 3 heteroatoms. The van der Waals surface area contributed by atoms with E-state index in [0.29, 0.717) is 6.61 Å². The van der Waals surface area contributed by atoms with Crippen molar-refractivity contribution >= 4 is 0 Å². The van der Waals surface area contributed by atoms with E-state index >= 15 is 0 Å². The smallest absolute Gasteiger partial charge is 0.126 e. The highest BCUT2D eigenvalue weighted by molar-refractivity contribution is 5.47. The molecule has 0 saturated heterocycles. The van der Waals surface area contributed by atoms with Crippen LogP contribution >= 0.6 is 0 Å². The van der Waals surface area contributed by atoms with Gasteiger partial charge in [-0.1, -0.05) is 25.0 Å². The minimum atomic E-state index is -0.219. The molecule has 1 aliphatic carbocycles. The quantitative estimate of drug-likeness (QED) is 0.893. The summed E-state index contributed by atoms with van der Waals surface area (Å²) < 4.78 is 11.7. The average Bonchev–Trinajstić information content (AvgIpc) is 2.91. The molecule has 2 N–H and O–H groups in total. The van der Waals surface area contributed by atoms with E-state index < -0.39 is 0 Å². The van der Waals surface area contributed by atoms with E-state index in [4.69, 9.17) is 15.2 Å². The lowest BCUT2D eigenvalue weighted by molar-refractivity contribution is -0.0540. The zero-order valence-electron chi connectivity index (χ0n) is 13.2. The number of ether oxygens (including phenoxy) is 2. The fourth-order valence-corrected chi connectivity index (χ4v) is 3.42. The molecule has 20 heavy (non-hydrogen) atoms. The normalized spacial score (nSPS) is 19.1. The Kier molecular flexibility index (Phi) is 4.71. The SMILES string of the molecule is CCOC1(C(N)c2ccc(C)c(C)c2OC)CCCC1. The Morgan fingerprint density at radius 3 is 2.45 bits per heavy atom. The number of rotatable bonds is 5. The van der Waals surface area contributed by atoms with E-state index in [1.165, 1.54) is 24.0 Å². The van der Waals surface area contributed by atoms with Crippen LogP contribution in [-0.4, -0.2) is 19.3 Å². The Morgan fingerprint density at radius 1 is 1.25 bits per heavy atom. The fourth-order valence-electron chi connectivity index (χ4n) is 3.42. The number of benzene rings is 1. The van der Waals surface area contributed by atoms with Gasteiger partial charge >= 0.3 is 0 Å². The van der Waals surface area contributed by atoms with Crippen molar-refractivity contribution in [3.05, 3.63) is 28.8 Å². The third-order valence-electron chi connectivity index (χ3n) is 4.69. The first-order valence-corrected chi connectivity index (χ1v) is 7.59. The Labute approximate surface area is 122 Å². The summed E-state index contributed by atoms with van der Waals surface area (Å²) in [5, 5.41) is 0. The van der Waals surface area contributed by atoms with Crippen LogP contribution in [0.5, 0.6) is 5.75 Å². The lowest BCUT2D eigenvalue weighted by Crippen LogP contribution is -2.41. The maximum Gasteiger partial charge on any atom is 0.126 e. The molecule has 0 bridgehead atoms. The Hall–Kier alpha value is -1.06. The van der Waals surface area contributed by atoms with Gasteiger partial charge in [-0.2, -0.15) is 0 Å². The summed E-state index contributed by atoms with van der Waals surface area (Å²) in [7, 11) is 1.72. The molecule has 0 heterocycles. The summed E-state index contributed by atoms with van der Waals surface area (Å²) in [6.07, 6.45) is 4.47. The predicted octanol–water partition coefficient (Wildman–Crippen LogP) is 3.66. The van der Waals surface area contributed by atoms with Crippen molar-refractivity contribution in [2.45, 2.75) is 58.1 Å². The number of hydrogen-bond donors (Lipinski definition) is 1. The minimum Gasteiger partial charge on any atom is -0.496 e. The molecule has 1 aromatic carbocycles. The fraction of sp³-hybridized carbons (Fsp3) is 0.647. The molecule has 0 aromatic heterocycles. The zero-order chi connectivity index (χ0) is 14.8. The van der Waals surface area contributed by atoms with Crippen LogP contribution in [0.15, 0.2) is 12.1 Å². The van der Waals surface area contributed by atoms with E-state index in [-0.39, 0.29) is 11.6 Å². The Morgan fingerprint density at radius 2 is 1.90 bits per heavy atom. The number of nitrogens with two attached hydrogens (primary N) is 1. The van der Waals surface area contributed by atoms with Crippen molar-refractivity contribution in [2.75, 3.05) is 13.7 Å². The van der Waals surface area contributed by atoms with Crippen molar-refractivity contribution in [1.29, 1.82) is 0 Å². The van der Waals surface area contributed by atoms with Crippen molar-refractivity contribution in [3.8, 4) is 5.75 Å². The summed E-state index contributed by atoms with van der Waals surface area (Å²) >= 11 is 0. The second-order valence-corrected chi connectivity index (χ2v) is 5.81. The van der Waals surface area contributed by atoms with Gasteiger partial charge in [-0.3, -0.25) is 0 Å². The van der Waals surface area contributed by atoms with Crippen molar-refractivity contribution in [1.82, 2.24) is 0 Å². The maximum absolute atomic E-state index is 6.61. The van der Waals surface area contributed by atoms with E-state index in [0.717, 1.165) is 24.2 Å². The molecular formula is C17H27NO2. The second-order valence-electron chi connectivity index (χ2n) is 5.81. The molecule has 1 aromatic rings. The van der Waals surface area contributed by atoms with Gasteiger partial charge in [0.2, 0.25) is 0 Å². The lowest BCUT2D eigenvalue weighted by Gasteiger charge is -2.36. The molecular weight excluding hydrogens is 250 g/mol. The van der Waals surface area contributed by atoms with Crippen LogP contribution in [0.3, 0.4) is 0 Å². The third-order valence-corrected chi connectivity index (χ3v) is 4.69. The van der Waals surface area contributed by atoms with Gasteiger partial charge in [0, 0.05) is 12.2 Å². The van der Waals surface area contributed by atoms with Gasteiger partial charge in [0.25, 0.3) is 0 Å². The standard InChI is InChI=1S/C17H27NO2/c1-5-20-17(10-6-7-11-17)16(18)14-9-8-12(2)13(3)15(14)19-4/h8-9,16H,5-7,10-11,18H2,1-4H3. The number of hydrogen-bond acceptors (Lipinski definition) is 3. The van der Waals surface area contributed by atoms with Crippen LogP contribution in [0.2, 0.25) is 0 Å². The first kappa shape index (κ1) is 15.3. The van der Waals surface area contributed by atoms with Crippen LogP contribution in [0.1, 0.15) is 55.3 Å². The highest BCUT2D eigenvalue weighted by atomic mass is 16.5. The van der Waals surface area contributed by atoms with Gasteiger partial charge < -0.3 is 15.2 Å². The van der Waals surface area contributed by atoms with Gasteiger partial charge in [0.15, 0.2) is 0 Å². The monoisotopic (exact) mass is 277 g/mol. The predicted molar refractivity (Wildman–Crippen MR) is 82.2 cm³/mol. The van der Waals surface area contributed by atoms with Crippen LogP contribution in [0.25, 0.3) is 0 Å². The van der Waals surface area contributed by atoms with E-state index in [9.17, 15) is 0 Å². The molecule has 2 rings (SSSR count). The van der Waals surface area contributed by atoms with E-state index in [1.54, 1.807) is 7.11 Å². The summed E-state index contributed by atoms with van der Waals surface area (Å²) in [5.41, 5.74) is 9.87. The molecule has 3 nitrogen and oxygen atoms in total. The minimum absolute atomic E-state index is 0.126. The highest BCUT2D eigenvalue weighted by Crippen LogP contribution is 2.44. The van der Waals surface area contributed by atoms with Crippen molar-refractivity contribution in [2.24, 2.45) is 5.73 Å². The molecule has 0 spiro atoms. The largest absolute Gasteiger partial charge is 0.496 e. The topological polar surface area (TPSA) is 44.5 Å². The summed E-state index contributed by atoms with van der Waals surface area (Å²) in [5.74, 6) is 0.920. The lowest BCUT2D eigenvalue weighted by atomic mass is 9.85. The number of methoxy groups -OCH3 is 1.